The quantitative estimate of drug-likeness (QED) is 0.179. The molecule has 0 atom stereocenters. The van der Waals surface area contributed by atoms with Crippen LogP contribution in [0.2, 0.25) is 0 Å². The summed E-state index contributed by atoms with van der Waals surface area (Å²) in [6.07, 6.45) is -14.8. The van der Waals surface area contributed by atoms with Crippen LogP contribution in [0.5, 0.6) is 0 Å². The molecular weight excluding hydrogens is 643 g/mol. The number of benzene rings is 2. The third-order valence-corrected chi connectivity index (χ3v) is 7.73. The van der Waals surface area contributed by atoms with Crippen LogP contribution in [0.25, 0.3) is 11.3 Å². The number of carboxylic acids is 1. The Morgan fingerprint density at radius 3 is 2.04 bits per heavy atom. The first kappa shape index (κ1) is 33.7. The smallest absolute Gasteiger partial charge is 0.416 e. The van der Waals surface area contributed by atoms with Crippen molar-refractivity contribution >= 4 is 23.3 Å². The molecule has 242 valence electrons. The van der Waals surface area contributed by atoms with Gasteiger partial charge in [0.25, 0.3) is 5.95 Å². The summed E-state index contributed by atoms with van der Waals surface area (Å²) < 4.78 is 123. The third kappa shape index (κ3) is 8.29. The number of anilines is 1. The van der Waals surface area contributed by atoms with Crippen LogP contribution < -0.4 is 4.90 Å². The van der Waals surface area contributed by atoms with E-state index < -0.39 is 59.8 Å². The standard InChI is InChI=1S/C27H23F9N6O2S/c1-3-20-23(37-21(45-20)6-7-22(43)44)19-5-4-16(25(28,29)30)10-15(19)13-42(24-38-40-41(2)39-24)12-14-8-17(26(31,32)33)11-18(9-14)27(34,35)36/h4-5,8-11H,3,6-7,12-13H2,1-2H3,(H,43,44). The van der Waals surface area contributed by atoms with Gasteiger partial charge in [-0.1, -0.05) is 18.1 Å². The maximum absolute atomic E-state index is 13.8. The van der Waals surface area contributed by atoms with Crippen LogP contribution in [0.4, 0.5) is 45.5 Å². The Morgan fingerprint density at radius 1 is 0.911 bits per heavy atom. The van der Waals surface area contributed by atoms with Crippen molar-refractivity contribution in [2.75, 3.05) is 4.90 Å². The molecule has 2 aromatic carbocycles. The number of alkyl halides is 9. The number of halogens is 9. The average Bonchev–Trinajstić information content (AvgIpc) is 3.56. The van der Waals surface area contributed by atoms with Crippen molar-refractivity contribution in [3.63, 3.8) is 0 Å². The van der Waals surface area contributed by atoms with Gasteiger partial charge in [0.2, 0.25) is 0 Å². The van der Waals surface area contributed by atoms with E-state index in [0.29, 0.717) is 28.4 Å². The number of hydrogen-bond acceptors (Lipinski definition) is 7. The van der Waals surface area contributed by atoms with E-state index in [4.69, 9.17) is 5.11 Å². The molecule has 1 N–H and O–H groups in total. The fraction of sp³-hybridized carbons (Fsp3) is 0.370. The minimum Gasteiger partial charge on any atom is -0.481 e. The Kier molecular flexibility index (Phi) is 9.46. The zero-order valence-electron chi connectivity index (χ0n) is 23.3. The first-order valence-corrected chi connectivity index (χ1v) is 13.8. The van der Waals surface area contributed by atoms with E-state index in [1.165, 1.54) is 24.5 Å². The lowest BCUT2D eigenvalue weighted by atomic mass is 9.98. The molecule has 0 saturated carbocycles. The Hall–Kier alpha value is -4.22. The molecule has 2 heterocycles. The number of thiazole rings is 1. The second-order valence-corrected chi connectivity index (χ2v) is 11.0. The summed E-state index contributed by atoms with van der Waals surface area (Å²) in [6.45, 7) is 0.590. The van der Waals surface area contributed by atoms with Gasteiger partial charge in [-0.25, -0.2) is 4.98 Å². The van der Waals surface area contributed by atoms with E-state index >= 15 is 0 Å². The number of aryl methyl sites for hydroxylation is 3. The Morgan fingerprint density at radius 2 is 1.53 bits per heavy atom. The highest BCUT2D eigenvalue weighted by Gasteiger charge is 2.37. The van der Waals surface area contributed by atoms with Gasteiger partial charge in [0, 0.05) is 30.0 Å². The molecule has 0 aliphatic rings. The minimum atomic E-state index is -5.13. The van der Waals surface area contributed by atoms with Crippen LogP contribution in [0.3, 0.4) is 0 Å². The Labute approximate surface area is 253 Å². The molecule has 2 aromatic heterocycles. The molecular formula is C27H23F9N6O2S. The fourth-order valence-electron chi connectivity index (χ4n) is 4.44. The number of nitrogens with zero attached hydrogens (tertiary/aromatic N) is 6. The van der Waals surface area contributed by atoms with Gasteiger partial charge in [0.1, 0.15) is 0 Å². The number of carbonyl (C=O) groups is 1. The van der Waals surface area contributed by atoms with Crippen LogP contribution in [0, 0.1) is 0 Å². The predicted octanol–water partition coefficient (Wildman–Crippen LogP) is 7.18. The number of aliphatic carboxylic acids is 1. The van der Waals surface area contributed by atoms with Crippen molar-refractivity contribution in [3.05, 3.63) is 74.1 Å². The third-order valence-electron chi connectivity index (χ3n) is 6.47. The highest BCUT2D eigenvalue weighted by atomic mass is 32.1. The molecule has 0 aliphatic carbocycles. The number of carboxylic acid groups (broad SMARTS) is 1. The first-order valence-electron chi connectivity index (χ1n) is 13.0. The second-order valence-electron chi connectivity index (χ2n) is 9.85. The van der Waals surface area contributed by atoms with Crippen LogP contribution in [0.1, 0.15) is 51.0 Å². The summed E-state index contributed by atoms with van der Waals surface area (Å²) in [4.78, 5) is 18.2. The summed E-state index contributed by atoms with van der Waals surface area (Å²) in [5, 5.41) is 20.9. The number of rotatable bonds is 10. The van der Waals surface area contributed by atoms with Gasteiger partial charge in [0.15, 0.2) is 0 Å². The van der Waals surface area contributed by atoms with Gasteiger partial charge in [0.05, 0.1) is 40.9 Å². The zero-order chi connectivity index (χ0) is 33.3. The van der Waals surface area contributed by atoms with Crippen LogP contribution in [0.15, 0.2) is 36.4 Å². The van der Waals surface area contributed by atoms with E-state index in [9.17, 15) is 44.3 Å². The lowest BCUT2D eigenvalue weighted by Crippen LogP contribution is -2.25. The molecule has 45 heavy (non-hydrogen) atoms. The fourth-order valence-corrected chi connectivity index (χ4v) is 5.46. The van der Waals surface area contributed by atoms with E-state index in [0.717, 1.165) is 21.8 Å². The molecule has 0 spiro atoms. The molecule has 0 fully saturated rings. The highest BCUT2D eigenvalue weighted by Crippen LogP contribution is 2.39. The van der Waals surface area contributed by atoms with Crippen molar-refractivity contribution in [1.29, 1.82) is 0 Å². The van der Waals surface area contributed by atoms with Crippen LogP contribution >= 0.6 is 11.3 Å². The lowest BCUT2D eigenvalue weighted by Gasteiger charge is -2.24. The highest BCUT2D eigenvalue weighted by molar-refractivity contribution is 7.12. The van der Waals surface area contributed by atoms with Crippen molar-refractivity contribution in [3.8, 4) is 11.3 Å². The summed E-state index contributed by atoms with van der Waals surface area (Å²) in [7, 11) is 1.35. The number of aromatic nitrogens is 5. The largest absolute Gasteiger partial charge is 0.481 e. The molecule has 0 amide bonds. The summed E-state index contributed by atoms with van der Waals surface area (Å²) in [5.41, 5.74) is -4.22. The molecule has 18 heteroatoms. The topological polar surface area (TPSA) is 97.0 Å². The van der Waals surface area contributed by atoms with E-state index in [1.807, 2.05) is 0 Å². The number of hydrogen-bond donors (Lipinski definition) is 1. The van der Waals surface area contributed by atoms with Crippen LogP contribution in [-0.2, 0) is 56.3 Å². The van der Waals surface area contributed by atoms with Gasteiger partial charge in [-0.2, -0.15) is 44.3 Å². The number of tetrazole rings is 1. The Bertz CT molecular complexity index is 1650. The van der Waals surface area contributed by atoms with Crippen molar-refractivity contribution in [2.24, 2.45) is 7.05 Å². The second kappa shape index (κ2) is 12.6. The van der Waals surface area contributed by atoms with Gasteiger partial charge in [-0.05, 0) is 53.1 Å². The molecule has 0 unspecified atom stereocenters. The van der Waals surface area contributed by atoms with E-state index in [2.05, 4.69) is 20.4 Å². The zero-order valence-corrected chi connectivity index (χ0v) is 24.2. The maximum Gasteiger partial charge on any atom is 0.416 e. The van der Waals surface area contributed by atoms with E-state index in [-0.39, 0.29) is 41.7 Å². The molecule has 0 bridgehead atoms. The summed E-state index contributed by atoms with van der Waals surface area (Å²) in [6, 6.07) is 3.78. The average molecular weight is 667 g/mol. The van der Waals surface area contributed by atoms with Crippen molar-refractivity contribution in [2.45, 2.75) is 57.8 Å². The van der Waals surface area contributed by atoms with Crippen molar-refractivity contribution in [1.82, 2.24) is 25.2 Å². The predicted molar refractivity (Wildman–Crippen MR) is 143 cm³/mol. The molecule has 4 rings (SSSR count). The van der Waals surface area contributed by atoms with Gasteiger partial charge in [-0.3, -0.25) is 4.79 Å². The molecule has 0 radical (unpaired) electrons. The first-order chi connectivity index (χ1) is 20.8. The van der Waals surface area contributed by atoms with Gasteiger partial charge >= 0.3 is 24.5 Å². The van der Waals surface area contributed by atoms with Crippen LogP contribution in [-0.4, -0.2) is 36.3 Å². The maximum atomic E-state index is 13.8. The van der Waals surface area contributed by atoms with Crippen molar-refractivity contribution < 1.29 is 49.4 Å². The van der Waals surface area contributed by atoms with Gasteiger partial charge < -0.3 is 10.0 Å². The lowest BCUT2D eigenvalue weighted by molar-refractivity contribution is -0.143. The SMILES string of the molecule is CCc1sc(CCC(=O)O)nc1-c1ccc(C(F)(F)F)cc1CN(Cc1cc(C(F)(F)F)cc(C(F)(F)F)c1)c1nnn(C)n1. The molecule has 8 nitrogen and oxygen atoms in total. The minimum absolute atomic E-state index is 0.0320. The van der Waals surface area contributed by atoms with Gasteiger partial charge in [-0.15, -0.1) is 16.4 Å². The monoisotopic (exact) mass is 666 g/mol. The molecule has 4 aromatic rings. The molecule has 0 saturated heterocycles. The molecule has 0 aliphatic heterocycles. The van der Waals surface area contributed by atoms with E-state index in [1.54, 1.807) is 6.92 Å². The summed E-state index contributed by atoms with van der Waals surface area (Å²) >= 11 is 1.18. The summed E-state index contributed by atoms with van der Waals surface area (Å²) in [5.74, 6) is -1.35. The normalized spacial score (nSPS) is 12.5. The Balaban J connectivity index is 1.85.